The van der Waals surface area contributed by atoms with Gasteiger partial charge in [0.25, 0.3) is 0 Å². The molecule has 2 aromatic carbocycles. The fourth-order valence-electron chi connectivity index (χ4n) is 5.17. The number of likely N-dealkylation sites (tertiary alicyclic amines) is 1. The van der Waals surface area contributed by atoms with E-state index in [4.69, 9.17) is 0 Å². The molecule has 0 amide bonds. The third-order valence-electron chi connectivity index (χ3n) is 7.02. The van der Waals surface area contributed by atoms with Gasteiger partial charge in [0.2, 0.25) is 0 Å². The first-order valence-electron chi connectivity index (χ1n) is 11.4. The van der Waals surface area contributed by atoms with Crippen LogP contribution in [0.15, 0.2) is 42.5 Å². The van der Waals surface area contributed by atoms with Crippen LogP contribution in [0.1, 0.15) is 82.2 Å². The average Bonchev–Trinajstić information content (AvgIpc) is 3.02. The zero-order valence-electron chi connectivity index (χ0n) is 19.5. The second-order valence-corrected chi connectivity index (χ2v) is 11.4. The number of hydrogen-bond acceptors (Lipinski definition) is 2. The quantitative estimate of drug-likeness (QED) is 0.615. The molecule has 160 valence electrons. The molecule has 1 spiro atoms. The second-order valence-electron chi connectivity index (χ2n) is 11.4. The molecular formula is C28H37NO. The van der Waals surface area contributed by atoms with Crippen molar-refractivity contribution in [3.8, 4) is 5.75 Å². The molecule has 1 saturated heterocycles. The fraction of sp³-hybridized carbons (Fsp3) is 0.500. The van der Waals surface area contributed by atoms with Gasteiger partial charge in [0.1, 0.15) is 5.75 Å². The third kappa shape index (κ3) is 3.83. The average molecular weight is 404 g/mol. The lowest BCUT2D eigenvalue weighted by atomic mass is 9.74. The molecule has 4 rings (SSSR count). The van der Waals surface area contributed by atoms with E-state index >= 15 is 0 Å². The van der Waals surface area contributed by atoms with Crippen LogP contribution in [0.5, 0.6) is 5.75 Å². The van der Waals surface area contributed by atoms with Gasteiger partial charge in [-0.25, -0.2) is 0 Å². The number of phenols is 1. The molecule has 1 N–H and O–H groups in total. The van der Waals surface area contributed by atoms with Crippen LogP contribution in [0.25, 0.3) is 6.08 Å². The van der Waals surface area contributed by atoms with E-state index in [1.807, 2.05) is 0 Å². The van der Waals surface area contributed by atoms with Crippen LogP contribution in [0.4, 0.5) is 0 Å². The summed E-state index contributed by atoms with van der Waals surface area (Å²) in [4.78, 5) is 2.59. The highest BCUT2D eigenvalue weighted by atomic mass is 16.3. The van der Waals surface area contributed by atoms with Crippen molar-refractivity contribution in [3.63, 3.8) is 0 Å². The lowest BCUT2D eigenvalue weighted by Gasteiger charge is -2.39. The van der Waals surface area contributed by atoms with Gasteiger partial charge in [0.05, 0.1) is 0 Å². The van der Waals surface area contributed by atoms with Crippen molar-refractivity contribution in [2.45, 2.75) is 77.2 Å². The number of hydrogen-bond donors (Lipinski definition) is 1. The Balaban J connectivity index is 1.56. The zero-order chi connectivity index (χ0) is 21.7. The van der Waals surface area contributed by atoms with Crippen molar-refractivity contribution < 1.29 is 5.11 Å². The highest BCUT2D eigenvalue weighted by Crippen LogP contribution is 2.44. The molecule has 2 aliphatic rings. The van der Waals surface area contributed by atoms with Crippen molar-refractivity contribution in [2.24, 2.45) is 0 Å². The first kappa shape index (κ1) is 21.2. The van der Waals surface area contributed by atoms with Gasteiger partial charge in [0.15, 0.2) is 0 Å². The molecule has 0 atom stereocenters. The lowest BCUT2D eigenvalue weighted by molar-refractivity contribution is 0.177. The largest absolute Gasteiger partial charge is 0.507 e. The Kier molecular flexibility index (Phi) is 5.13. The topological polar surface area (TPSA) is 23.5 Å². The summed E-state index contributed by atoms with van der Waals surface area (Å²) in [6, 6.07) is 13.3. The maximum absolute atomic E-state index is 11.0. The van der Waals surface area contributed by atoms with Crippen molar-refractivity contribution in [3.05, 3.63) is 70.3 Å². The van der Waals surface area contributed by atoms with Gasteiger partial charge in [0, 0.05) is 12.0 Å². The van der Waals surface area contributed by atoms with Crippen molar-refractivity contribution in [2.75, 3.05) is 13.1 Å². The summed E-state index contributed by atoms with van der Waals surface area (Å²) in [5, 5.41) is 11.0. The first-order valence-corrected chi connectivity index (χ1v) is 11.4. The molecule has 0 unspecified atom stereocenters. The van der Waals surface area contributed by atoms with E-state index in [1.54, 1.807) is 0 Å². The van der Waals surface area contributed by atoms with E-state index < -0.39 is 0 Å². The smallest absolute Gasteiger partial charge is 0.123 e. The molecule has 2 aromatic rings. The monoisotopic (exact) mass is 403 g/mol. The summed E-state index contributed by atoms with van der Waals surface area (Å²) in [5.41, 5.74) is 6.43. The van der Waals surface area contributed by atoms with E-state index in [0.29, 0.717) is 5.75 Å². The van der Waals surface area contributed by atoms with Crippen LogP contribution >= 0.6 is 0 Å². The van der Waals surface area contributed by atoms with Crippen molar-refractivity contribution in [1.82, 2.24) is 4.90 Å². The molecule has 30 heavy (non-hydrogen) atoms. The summed E-state index contributed by atoms with van der Waals surface area (Å²) < 4.78 is 0. The van der Waals surface area contributed by atoms with Crippen LogP contribution in [0.2, 0.25) is 0 Å². The minimum atomic E-state index is -0.0790. The number of fused-ring (bicyclic) bond motifs is 2. The van der Waals surface area contributed by atoms with Gasteiger partial charge in [-0.05, 0) is 64.6 Å². The Bertz CT molecular complexity index is 928. The second kappa shape index (κ2) is 7.27. The van der Waals surface area contributed by atoms with Crippen LogP contribution in [0.3, 0.4) is 0 Å². The predicted molar refractivity (Wildman–Crippen MR) is 127 cm³/mol. The summed E-state index contributed by atoms with van der Waals surface area (Å²) >= 11 is 0. The van der Waals surface area contributed by atoms with Gasteiger partial charge < -0.3 is 5.11 Å². The Morgan fingerprint density at radius 3 is 2.03 bits per heavy atom. The number of allylic oxidation sites excluding steroid dienone is 1. The molecule has 0 bridgehead atoms. The molecule has 0 radical (unpaired) electrons. The zero-order valence-corrected chi connectivity index (χ0v) is 19.5. The Hall–Kier alpha value is -2.06. The number of nitrogens with zero attached hydrogens (tertiary/aromatic N) is 1. The summed E-state index contributed by atoms with van der Waals surface area (Å²) in [5.74, 6) is 0.476. The van der Waals surface area contributed by atoms with Crippen LogP contribution in [-0.4, -0.2) is 23.1 Å². The SMILES string of the molecule is CC(C)(C)c1cc(CN2CCC3(C=Cc4ccccc43)CC2)cc(C(C)(C)C)c1O. The molecule has 1 heterocycles. The summed E-state index contributed by atoms with van der Waals surface area (Å²) in [6.07, 6.45) is 7.12. The normalized spacial score (nSPS) is 18.7. The molecule has 0 aromatic heterocycles. The van der Waals surface area contributed by atoms with Crippen LogP contribution in [0, 0.1) is 0 Å². The minimum Gasteiger partial charge on any atom is -0.507 e. The van der Waals surface area contributed by atoms with E-state index in [1.165, 1.54) is 29.5 Å². The lowest BCUT2D eigenvalue weighted by Crippen LogP contribution is -2.40. The Morgan fingerprint density at radius 2 is 1.47 bits per heavy atom. The summed E-state index contributed by atoms with van der Waals surface area (Å²) in [6.45, 7) is 16.3. The molecule has 2 heteroatoms. The van der Waals surface area contributed by atoms with Gasteiger partial charge in [-0.1, -0.05) is 90.1 Å². The highest BCUT2D eigenvalue weighted by Gasteiger charge is 2.38. The molecule has 1 aliphatic heterocycles. The van der Waals surface area contributed by atoms with Gasteiger partial charge in [-0.2, -0.15) is 0 Å². The van der Waals surface area contributed by atoms with E-state index in [2.05, 4.69) is 95.0 Å². The number of aromatic hydroxyl groups is 1. The maximum atomic E-state index is 11.0. The molecule has 0 saturated carbocycles. The molecule has 2 nitrogen and oxygen atoms in total. The number of benzene rings is 2. The van der Waals surface area contributed by atoms with Crippen LogP contribution in [-0.2, 0) is 22.8 Å². The Morgan fingerprint density at radius 1 is 0.900 bits per heavy atom. The van der Waals surface area contributed by atoms with Gasteiger partial charge in [-0.3, -0.25) is 4.90 Å². The van der Waals surface area contributed by atoms with E-state index in [-0.39, 0.29) is 16.2 Å². The maximum Gasteiger partial charge on any atom is 0.123 e. The number of rotatable bonds is 2. The standard InChI is InChI=1S/C28H37NO/c1-26(2,3)23-17-20(18-24(25(23)30)27(4,5)6)19-29-15-13-28(14-16-29)12-11-21-9-7-8-10-22(21)28/h7-12,17-18,30H,13-16,19H2,1-6H3. The molecule has 1 aliphatic carbocycles. The van der Waals surface area contributed by atoms with Crippen molar-refractivity contribution in [1.29, 1.82) is 0 Å². The highest BCUT2D eigenvalue weighted by molar-refractivity contribution is 5.65. The van der Waals surface area contributed by atoms with Crippen molar-refractivity contribution >= 4 is 6.08 Å². The van der Waals surface area contributed by atoms with Gasteiger partial charge in [-0.15, -0.1) is 0 Å². The van der Waals surface area contributed by atoms with Gasteiger partial charge >= 0.3 is 0 Å². The molecule has 1 fully saturated rings. The predicted octanol–water partition coefficient (Wildman–Crippen LogP) is 6.55. The number of piperidine rings is 1. The van der Waals surface area contributed by atoms with E-state index in [9.17, 15) is 5.11 Å². The third-order valence-corrected chi connectivity index (χ3v) is 7.02. The molecular weight excluding hydrogens is 366 g/mol. The van der Waals surface area contributed by atoms with Crippen LogP contribution < -0.4 is 0 Å². The van der Waals surface area contributed by atoms with E-state index in [0.717, 1.165) is 30.8 Å². The minimum absolute atomic E-state index is 0.0790. The first-order chi connectivity index (χ1) is 14.0. The number of phenolic OH excluding ortho intramolecular Hbond substituents is 1. The Labute approximate surface area is 182 Å². The fourth-order valence-corrected chi connectivity index (χ4v) is 5.17. The summed E-state index contributed by atoms with van der Waals surface area (Å²) in [7, 11) is 0.